The lowest BCUT2D eigenvalue weighted by molar-refractivity contribution is -0.121. The number of imidazole rings is 1. The lowest BCUT2D eigenvalue weighted by atomic mass is 10.2. The molecule has 0 radical (unpaired) electrons. The van der Waals surface area contributed by atoms with Gasteiger partial charge in [0.25, 0.3) is 0 Å². The van der Waals surface area contributed by atoms with Crippen LogP contribution in [-0.4, -0.2) is 29.5 Å². The van der Waals surface area contributed by atoms with Gasteiger partial charge >= 0.3 is 0 Å². The van der Waals surface area contributed by atoms with Crippen molar-refractivity contribution < 1.29 is 4.79 Å². The molecule has 0 saturated carbocycles. The van der Waals surface area contributed by atoms with Gasteiger partial charge in [0, 0.05) is 12.4 Å². The highest BCUT2D eigenvalue weighted by Crippen LogP contribution is 2.10. The first kappa shape index (κ1) is 10.7. The van der Waals surface area contributed by atoms with Crippen LogP contribution in [0.3, 0.4) is 0 Å². The predicted molar refractivity (Wildman–Crippen MR) is 53.7 cm³/mol. The summed E-state index contributed by atoms with van der Waals surface area (Å²) >= 11 is 0. The zero-order valence-corrected chi connectivity index (χ0v) is 8.50. The Labute approximate surface area is 83.3 Å². The molecule has 0 spiro atoms. The van der Waals surface area contributed by atoms with Gasteiger partial charge < -0.3 is 15.6 Å². The molecule has 0 fully saturated rings. The van der Waals surface area contributed by atoms with Crippen molar-refractivity contribution in [3.63, 3.8) is 0 Å². The first-order valence-corrected chi connectivity index (χ1v) is 4.71. The van der Waals surface area contributed by atoms with Gasteiger partial charge in [0.15, 0.2) is 0 Å². The first-order valence-electron chi connectivity index (χ1n) is 4.71. The van der Waals surface area contributed by atoms with Crippen molar-refractivity contribution in [2.45, 2.75) is 19.4 Å². The Morgan fingerprint density at radius 2 is 2.50 bits per heavy atom. The molecule has 78 valence electrons. The molecule has 14 heavy (non-hydrogen) atoms. The van der Waals surface area contributed by atoms with Crippen LogP contribution in [0.4, 0.5) is 0 Å². The molecule has 0 saturated heterocycles. The van der Waals surface area contributed by atoms with Gasteiger partial charge in [-0.05, 0) is 13.5 Å². The highest BCUT2D eigenvalue weighted by atomic mass is 16.1. The number of amides is 1. The fraction of sp³-hybridized carbons (Fsp3) is 0.556. The zero-order chi connectivity index (χ0) is 10.4. The summed E-state index contributed by atoms with van der Waals surface area (Å²) < 4.78 is 0. The second kappa shape index (κ2) is 5.39. The fourth-order valence-electron chi connectivity index (χ4n) is 1.24. The number of hydrogen-bond acceptors (Lipinski definition) is 3. The number of carbonyl (C=O) groups is 1. The van der Waals surface area contributed by atoms with Gasteiger partial charge in [-0.2, -0.15) is 0 Å². The Kier molecular flexibility index (Phi) is 4.12. The van der Waals surface area contributed by atoms with Crippen LogP contribution in [0.5, 0.6) is 0 Å². The summed E-state index contributed by atoms with van der Waals surface area (Å²) in [6.07, 6.45) is 4.26. The number of rotatable bonds is 5. The molecule has 3 N–H and O–H groups in total. The summed E-state index contributed by atoms with van der Waals surface area (Å²) in [6.45, 7) is 2.34. The van der Waals surface area contributed by atoms with E-state index in [4.69, 9.17) is 0 Å². The van der Waals surface area contributed by atoms with E-state index in [0.717, 1.165) is 12.2 Å². The molecule has 1 atom stereocenters. The van der Waals surface area contributed by atoms with Crippen LogP contribution in [0, 0.1) is 0 Å². The van der Waals surface area contributed by atoms with E-state index in [2.05, 4.69) is 20.6 Å². The van der Waals surface area contributed by atoms with Crippen molar-refractivity contribution in [1.29, 1.82) is 0 Å². The van der Waals surface area contributed by atoms with Crippen molar-refractivity contribution in [1.82, 2.24) is 20.6 Å². The van der Waals surface area contributed by atoms with Crippen molar-refractivity contribution in [2.24, 2.45) is 0 Å². The van der Waals surface area contributed by atoms with Gasteiger partial charge in [0.1, 0.15) is 5.82 Å². The maximum absolute atomic E-state index is 11.3. The standard InChI is InChI=1S/C9H16N4O/c1-3-7(9-11-4-5-12-9)13-8(14)6-10-2/h4-5,7,10H,3,6H2,1-2H3,(H,11,12)(H,13,14). The van der Waals surface area contributed by atoms with Crippen LogP contribution in [0.25, 0.3) is 0 Å². The molecule has 0 aromatic carbocycles. The minimum Gasteiger partial charge on any atom is -0.347 e. The SMILES string of the molecule is CCC(NC(=O)CNC)c1ncc[nH]1. The number of aromatic nitrogens is 2. The second-order valence-electron chi connectivity index (χ2n) is 3.03. The van der Waals surface area contributed by atoms with E-state index in [-0.39, 0.29) is 11.9 Å². The van der Waals surface area contributed by atoms with Gasteiger partial charge in [0.05, 0.1) is 12.6 Å². The van der Waals surface area contributed by atoms with Crippen molar-refractivity contribution in [3.8, 4) is 0 Å². The number of nitrogens with zero attached hydrogens (tertiary/aromatic N) is 1. The molecule has 0 aliphatic carbocycles. The van der Waals surface area contributed by atoms with Crippen LogP contribution < -0.4 is 10.6 Å². The van der Waals surface area contributed by atoms with Crippen molar-refractivity contribution in [3.05, 3.63) is 18.2 Å². The average molecular weight is 196 g/mol. The number of hydrogen-bond donors (Lipinski definition) is 3. The summed E-state index contributed by atoms with van der Waals surface area (Å²) in [5.41, 5.74) is 0. The van der Waals surface area contributed by atoms with E-state index in [0.29, 0.717) is 6.54 Å². The Morgan fingerprint density at radius 1 is 1.71 bits per heavy atom. The third kappa shape index (κ3) is 2.85. The van der Waals surface area contributed by atoms with Gasteiger partial charge in [0.2, 0.25) is 5.91 Å². The van der Waals surface area contributed by atoms with Crippen molar-refractivity contribution >= 4 is 5.91 Å². The first-order chi connectivity index (χ1) is 6.77. The van der Waals surface area contributed by atoms with Gasteiger partial charge in [-0.3, -0.25) is 4.79 Å². The minimum absolute atomic E-state index is 0.0178. The number of carbonyl (C=O) groups excluding carboxylic acids is 1. The molecular formula is C9H16N4O. The molecule has 5 nitrogen and oxygen atoms in total. The van der Waals surface area contributed by atoms with Gasteiger partial charge in [-0.15, -0.1) is 0 Å². The van der Waals surface area contributed by atoms with Gasteiger partial charge in [-0.25, -0.2) is 4.98 Å². The lowest BCUT2D eigenvalue weighted by Crippen LogP contribution is -2.35. The fourth-order valence-corrected chi connectivity index (χ4v) is 1.24. The van der Waals surface area contributed by atoms with Crippen LogP contribution in [-0.2, 0) is 4.79 Å². The van der Waals surface area contributed by atoms with Crippen LogP contribution in [0.15, 0.2) is 12.4 Å². The smallest absolute Gasteiger partial charge is 0.234 e. The Balaban J connectivity index is 2.51. The lowest BCUT2D eigenvalue weighted by Gasteiger charge is -2.14. The molecule has 0 bridgehead atoms. The normalized spacial score (nSPS) is 12.4. The van der Waals surface area contributed by atoms with E-state index >= 15 is 0 Å². The Bertz CT molecular complexity index is 270. The molecule has 1 heterocycles. The zero-order valence-electron chi connectivity index (χ0n) is 8.50. The van der Waals surface area contributed by atoms with E-state index in [1.54, 1.807) is 19.4 Å². The Hall–Kier alpha value is -1.36. The van der Waals surface area contributed by atoms with E-state index < -0.39 is 0 Å². The monoisotopic (exact) mass is 196 g/mol. The highest BCUT2D eigenvalue weighted by molar-refractivity contribution is 5.78. The predicted octanol–water partition coefficient (Wildman–Crippen LogP) is 0.196. The van der Waals surface area contributed by atoms with E-state index in [9.17, 15) is 4.79 Å². The summed E-state index contributed by atoms with van der Waals surface area (Å²) in [5.74, 6) is 0.785. The summed E-state index contributed by atoms with van der Waals surface area (Å²) in [7, 11) is 1.74. The molecule has 1 unspecified atom stereocenters. The summed E-state index contributed by atoms with van der Waals surface area (Å²) in [6, 6.07) is -0.0224. The number of likely N-dealkylation sites (N-methyl/N-ethyl adjacent to an activating group) is 1. The van der Waals surface area contributed by atoms with E-state index in [1.807, 2.05) is 6.92 Å². The molecular weight excluding hydrogens is 180 g/mol. The number of nitrogens with one attached hydrogen (secondary N) is 3. The highest BCUT2D eigenvalue weighted by Gasteiger charge is 2.13. The number of H-pyrrole nitrogens is 1. The topological polar surface area (TPSA) is 69.8 Å². The molecule has 1 aromatic rings. The second-order valence-corrected chi connectivity index (χ2v) is 3.03. The molecule has 1 aromatic heterocycles. The van der Waals surface area contributed by atoms with Crippen LogP contribution in [0.1, 0.15) is 25.2 Å². The average Bonchev–Trinajstić information content (AvgIpc) is 2.67. The molecule has 1 rings (SSSR count). The van der Waals surface area contributed by atoms with Crippen LogP contribution in [0.2, 0.25) is 0 Å². The number of aromatic amines is 1. The quantitative estimate of drug-likeness (QED) is 0.630. The third-order valence-electron chi connectivity index (χ3n) is 1.93. The molecule has 1 amide bonds. The minimum atomic E-state index is -0.0224. The maximum Gasteiger partial charge on any atom is 0.234 e. The molecule has 5 heteroatoms. The largest absolute Gasteiger partial charge is 0.347 e. The van der Waals surface area contributed by atoms with E-state index in [1.165, 1.54) is 0 Å². The summed E-state index contributed by atoms with van der Waals surface area (Å²) in [4.78, 5) is 18.4. The Morgan fingerprint density at radius 3 is 3.00 bits per heavy atom. The third-order valence-corrected chi connectivity index (χ3v) is 1.93. The maximum atomic E-state index is 11.3. The van der Waals surface area contributed by atoms with Crippen LogP contribution >= 0.6 is 0 Å². The van der Waals surface area contributed by atoms with Gasteiger partial charge in [-0.1, -0.05) is 6.92 Å². The molecule has 0 aliphatic heterocycles. The van der Waals surface area contributed by atoms with Crippen molar-refractivity contribution in [2.75, 3.05) is 13.6 Å². The summed E-state index contributed by atoms with van der Waals surface area (Å²) in [5, 5.41) is 5.67. The molecule has 0 aliphatic rings.